The number of esters is 1. The predicted molar refractivity (Wildman–Crippen MR) is 122 cm³/mol. The maximum absolute atomic E-state index is 12.4. The Balaban J connectivity index is 1.10. The Bertz CT molecular complexity index is 530. The highest BCUT2D eigenvalue weighted by atomic mass is 16.5. The molecule has 0 spiro atoms. The number of urea groups is 1. The Morgan fingerprint density at radius 1 is 0.839 bits per heavy atom. The van der Waals surface area contributed by atoms with Gasteiger partial charge in [0.1, 0.15) is 0 Å². The van der Waals surface area contributed by atoms with E-state index in [0.717, 1.165) is 82.5 Å². The fraction of sp³-hybridized carbons (Fsp3) is 0.920. The normalized spacial score (nSPS) is 28.5. The molecule has 4 aliphatic carbocycles. The van der Waals surface area contributed by atoms with E-state index in [1.807, 2.05) is 6.92 Å². The molecule has 0 aromatic rings. The van der Waals surface area contributed by atoms with Crippen LogP contribution in [-0.2, 0) is 14.3 Å². The van der Waals surface area contributed by atoms with Crippen LogP contribution in [0.1, 0.15) is 96.8 Å². The monoisotopic (exact) mass is 436 g/mol. The number of carbonyl (C=O) groups is 2. The first-order valence-corrected chi connectivity index (χ1v) is 12.9. The Morgan fingerprint density at radius 3 is 2.06 bits per heavy atom. The molecule has 0 heterocycles. The summed E-state index contributed by atoms with van der Waals surface area (Å²) in [4.78, 5) is 23.6. The molecule has 0 aromatic heterocycles. The minimum Gasteiger partial charge on any atom is -0.466 e. The van der Waals surface area contributed by atoms with Crippen LogP contribution in [0.4, 0.5) is 4.79 Å². The zero-order valence-electron chi connectivity index (χ0n) is 19.6. The third kappa shape index (κ3) is 8.28. The number of ether oxygens (including phenoxy) is 2. The maximum Gasteiger partial charge on any atom is 0.315 e. The summed E-state index contributed by atoms with van der Waals surface area (Å²) in [5.41, 5.74) is 0.0980. The number of hydrogen-bond donors (Lipinski definition) is 2. The first kappa shape index (κ1) is 24.3. The van der Waals surface area contributed by atoms with Crippen molar-refractivity contribution in [1.29, 1.82) is 0 Å². The van der Waals surface area contributed by atoms with Crippen LogP contribution in [0.5, 0.6) is 0 Å². The van der Waals surface area contributed by atoms with Crippen LogP contribution in [0.3, 0.4) is 0 Å². The van der Waals surface area contributed by atoms with Crippen LogP contribution in [0.15, 0.2) is 0 Å². The van der Waals surface area contributed by atoms with E-state index < -0.39 is 0 Å². The SMILES string of the molecule is CCOC(=O)CCCCCCCOCCCCNC(=O)NC12CC3CC(CC(C3)C1)C2. The van der Waals surface area contributed by atoms with Crippen molar-refractivity contribution in [3.63, 3.8) is 0 Å². The standard InChI is InChI=1S/C25H44N2O4/c1-2-31-23(28)10-6-4-3-5-8-12-30-13-9-7-11-26-24(29)27-25-17-20-14-21(18-25)16-22(15-20)19-25/h20-22H,2-19H2,1H3,(H2,26,27,29). The third-order valence-corrected chi connectivity index (χ3v) is 7.39. The van der Waals surface area contributed by atoms with Gasteiger partial charge >= 0.3 is 12.0 Å². The summed E-state index contributed by atoms with van der Waals surface area (Å²) in [5.74, 6) is 2.49. The average molecular weight is 437 g/mol. The predicted octanol–water partition coefficient (Wildman–Crippen LogP) is 4.95. The molecule has 0 unspecified atom stereocenters. The largest absolute Gasteiger partial charge is 0.466 e. The van der Waals surface area contributed by atoms with Crippen LogP contribution >= 0.6 is 0 Å². The minimum absolute atomic E-state index is 0.0332. The van der Waals surface area contributed by atoms with Gasteiger partial charge in [0.25, 0.3) is 0 Å². The van der Waals surface area contributed by atoms with Gasteiger partial charge in [-0.1, -0.05) is 19.3 Å². The molecular weight excluding hydrogens is 392 g/mol. The molecule has 4 fully saturated rings. The van der Waals surface area contributed by atoms with E-state index >= 15 is 0 Å². The van der Waals surface area contributed by atoms with Crippen LogP contribution in [0.25, 0.3) is 0 Å². The zero-order chi connectivity index (χ0) is 21.9. The third-order valence-electron chi connectivity index (χ3n) is 7.39. The fourth-order valence-corrected chi connectivity index (χ4v) is 6.42. The first-order valence-electron chi connectivity index (χ1n) is 12.9. The van der Waals surface area contributed by atoms with Gasteiger partial charge < -0.3 is 20.1 Å². The van der Waals surface area contributed by atoms with Crippen molar-refractivity contribution in [3.05, 3.63) is 0 Å². The number of hydrogen-bond acceptors (Lipinski definition) is 4. The summed E-state index contributed by atoms with van der Waals surface area (Å²) in [7, 11) is 0. The number of carbonyl (C=O) groups excluding carboxylic acids is 2. The molecular formula is C25H44N2O4. The van der Waals surface area contributed by atoms with Crippen LogP contribution in [-0.4, -0.2) is 43.9 Å². The summed E-state index contributed by atoms with van der Waals surface area (Å²) in [5, 5.41) is 6.44. The molecule has 31 heavy (non-hydrogen) atoms. The van der Waals surface area contributed by atoms with Gasteiger partial charge in [-0.25, -0.2) is 4.79 Å². The topological polar surface area (TPSA) is 76.7 Å². The van der Waals surface area contributed by atoms with Gasteiger partial charge in [-0.2, -0.15) is 0 Å². The molecule has 6 nitrogen and oxygen atoms in total. The first-order chi connectivity index (χ1) is 15.1. The molecule has 4 rings (SSSR count). The van der Waals surface area contributed by atoms with Gasteiger partial charge in [-0.15, -0.1) is 0 Å². The van der Waals surface area contributed by atoms with Gasteiger partial charge in [0.05, 0.1) is 6.61 Å². The van der Waals surface area contributed by atoms with Crippen LogP contribution in [0.2, 0.25) is 0 Å². The van der Waals surface area contributed by atoms with Gasteiger partial charge in [0.15, 0.2) is 0 Å². The molecule has 0 atom stereocenters. The van der Waals surface area contributed by atoms with E-state index in [9.17, 15) is 9.59 Å². The summed E-state index contributed by atoms with van der Waals surface area (Å²) in [6.07, 6.45) is 15.7. The van der Waals surface area contributed by atoms with Gasteiger partial charge in [-0.3, -0.25) is 4.79 Å². The molecule has 2 N–H and O–H groups in total. The Labute approximate surface area is 188 Å². The fourth-order valence-electron chi connectivity index (χ4n) is 6.42. The summed E-state index contributed by atoms with van der Waals surface area (Å²) in [6.45, 7) is 4.61. The van der Waals surface area contributed by atoms with Crippen molar-refractivity contribution in [2.75, 3.05) is 26.4 Å². The summed E-state index contributed by atoms with van der Waals surface area (Å²) < 4.78 is 10.6. The number of nitrogens with one attached hydrogen (secondary N) is 2. The molecule has 6 heteroatoms. The lowest BCUT2D eigenvalue weighted by Crippen LogP contribution is -2.61. The maximum atomic E-state index is 12.4. The van der Waals surface area contributed by atoms with Gasteiger partial charge in [0, 0.05) is 31.7 Å². The lowest BCUT2D eigenvalue weighted by molar-refractivity contribution is -0.143. The van der Waals surface area contributed by atoms with Crippen molar-refractivity contribution in [2.45, 2.75) is 102 Å². The number of amides is 2. The Morgan fingerprint density at radius 2 is 1.42 bits per heavy atom. The molecule has 2 amide bonds. The van der Waals surface area contributed by atoms with Crippen LogP contribution < -0.4 is 10.6 Å². The van der Waals surface area contributed by atoms with E-state index in [1.54, 1.807) is 0 Å². The summed E-state index contributed by atoms with van der Waals surface area (Å²) >= 11 is 0. The van der Waals surface area contributed by atoms with E-state index in [2.05, 4.69) is 10.6 Å². The highest BCUT2D eigenvalue weighted by Gasteiger charge is 2.51. The van der Waals surface area contributed by atoms with Crippen LogP contribution in [0, 0.1) is 17.8 Å². The van der Waals surface area contributed by atoms with E-state index in [-0.39, 0.29) is 17.5 Å². The van der Waals surface area contributed by atoms with Crippen molar-refractivity contribution in [3.8, 4) is 0 Å². The lowest BCUT2D eigenvalue weighted by atomic mass is 9.53. The van der Waals surface area contributed by atoms with Crippen molar-refractivity contribution in [1.82, 2.24) is 10.6 Å². The molecule has 4 bridgehead atoms. The van der Waals surface area contributed by atoms with E-state index in [4.69, 9.17) is 9.47 Å². The number of unbranched alkanes of at least 4 members (excludes halogenated alkanes) is 5. The second-order valence-corrected chi connectivity index (χ2v) is 10.2. The van der Waals surface area contributed by atoms with Gasteiger partial charge in [0.2, 0.25) is 0 Å². The smallest absolute Gasteiger partial charge is 0.315 e. The average Bonchev–Trinajstić information content (AvgIpc) is 2.70. The molecule has 4 aliphatic rings. The van der Waals surface area contributed by atoms with E-state index in [1.165, 1.54) is 38.5 Å². The molecule has 0 aliphatic heterocycles. The second kappa shape index (κ2) is 12.7. The molecule has 178 valence electrons. The quantitative estimate of drug-likeness (QED) is 0.281. The summed E-state index contributed by atoms with van der Waals surface area (Å²) in [6, 6.07) is 0.0332. The lowest BCUT2D eigenvalue weighted by Gasteiger charge is -2.56. The minimum atomic E-state index is -0.0782. The highest BCUT2D eigenvalue weighted by Crippen LogP contribution is 2.55. The van der Waals surface area contributed by atoms with Crippen molar-refractivity contribution >= 4 is 12.0 Å². The Hall–Kier alpha value is -1.30. The highest BCUT2D eigenvalue weighted by molar-refractivity contribution is 5.74. The van der Waals surface area contributed by atoms with Gasteiger partial charge in [-0.05, 0) is 88.9 Å². The Kier molecular flexibility index (Phi) is 9.95. The second-order valence-electron chi connectivity index (χ2n) is 10.2. The molecule has 4 saturated carbocycles. The molecule has 0 aromatic carbocycles. The van der Waals surface area contributed by atoms with Crippen molar-refractivity contribution < 1.29 is 19.1 Å². The van der Waals surface area contributed by atoms with Crippen molar-refractivity contribution in [2.24, 2.45) is 17.8 Å². The zero-order valence-corrected chi connectivity index (χ0v) is 19.6. The molecule has 0 radical (unpaired) electrons. The van der Waals surface area contributed by atoms with E-state index in [0.29, 0.717) is 13.0 Å². The molecule has 0 saturated heterocycles. The number of rotatable bonds is 15.